The minimum absolute atomic E-state index is 0.0135. The van der Waals surface area contributed by atoms with E-state index < -0.39 is 11.8 Å². The van der Waals surface area contributed by atoms with Gasteiger partial charge in [-0.1, -0.05) is 37.3 Å². The van der Waals surface area contributed by atoms with Crippen molar-refractivity contribution in [3.8, 4) is 0 Å². The number of aryl methyl sites for hydroxylation is 1. The van der Waals surface area contributed by atoms with Gasteiger partial charge in [0.2, 0.25) is 0 Å². The van der Waals surface area contributed by atoms with E-state index in [-0.39, 0.29) is 6.04 Å². The van der Waals surface area contributed by atoms with Crippen molar-refractivity contribution in [1.29, 1.82) is 0 Å². The zero-order valence-corrected chi connectivity index (χ0v) is 19.6. The average molecular weight is 438 g/mol. The highest BCUT2D eigenvalue weighted by Crippen LogP contribution is 2.24. The molecule has 0 aromatic heterocycles. The van der Waals surface area contributed by atoms with Crippen molar-refractivity contribution in [2.24, 2.45) is 0 Å². The minimum atomic E-state index is -0.633. The molecule has 1 fully saturated rings. The number of rotatable bonds is 7. The third kappa shape index (κ3) is 6.08. The third-order valence-corrected chi connectivity index (χ3v) is 6.08. The second-order valence-electron chi connectivity index (χ2n) is 8.52. The topological polar surface area (TPSA) is 67.9 Å². The Labute approximate surface area is 191 Å². The first-order chi connectivity index (χ1) is 15.4. The molecule has 2 N–H and O–H groups in total. The first-order valence-electron chi connectivity index (χ1n) is 11.3. The Hall–Kier alpha value is -2.90. The van der Waals surface area contributed by atoms with Crippen LogP contribution in [0.25, 0.3) is 0 Å². The van der Waals surface area contributed by atoms with Gasteiger partial charge in [0.25, 0.3) is 0 Å². The van der Waals surface area contributed by atoms with Crippen LogP contribution >= 0.6 is 0 Å². The fourth-order valence-corrected chi connectivity index (χ4v) is 3.99. The summed E-state index contributed by atoms with van der Waals surface area (Å²) >= 11 is 0. The van der Waals surface area contributed by atoms with Crippen LogP contribution in [0.5, 0.6) is 0 Å². The first kappa shape index (κ1) is 23.8. The monoisotopic (exact) mass is 437 g/mol. The number of carbonyl (C=O) groups is 2. The number of benzene rings is 2. The summed E-state index contributed by atoms with van der Waals surface area (Å²) in [6.07, 6.45) is 0.784. The number of piperazine rings is 1. The van der Waals surface area contributed by atoms with Crippen LogP contribution in [0.2, 0.25) is 0 Å². The Bertz CT molecular complexity index is 905. The molecule has 0 saturated carbocycles. The maximum atomic E-state index is 12.6. The van der Waals surface area contributed by atoms with Gasteiger partial charge < -0.3 is 20.4 Å². The first-order valence-corrected chi connectivity index (χ1v) is 11.3. The van der Waals surface area contributed by atoms with Gasteiger partial charge in [-0.3, -0.25) is 14.5 Å². The number of para-hydroxylation sites is 1. The van der Waals surface area contributed by atoms with Crippen LogP contribution in [0.15, 0.2) is 48.5 Å². The smallest absolute Gasteiger partial charge is 0.313 e. The van der Waals surface area contributed by atoms with E-state index in [0.717, 1.165) is 49.4 Å². The highest BCUT2D eigenvalue weighted by molar-refractivity contribution is 6.39. The SMILES string of the molecule is CCc1ccccc1NC(=O)C(=O)NC[C@@H](c1ccc(N(C)C)cc1)N1CCN(C)CC1. The van der Waals surface area contributed by atoms with Gasteiger partial charge in [-0.25, -0.2) is 0 Å². The van der Waals surface area contributed by atoms with E-state index in [4.69, 9.17) is 0 Å². The molecule has 0 aliphatic carbocycles. The van der Waals surface area contributed by atoms with E-state index >= 15 is 0 Å². The molecule has 2 amide bonds. The molecule has 1 atom stereocenters. The predicted molar refractivity (Wildman–Crippen MR) is 130 cm³/mol. The van der Waals surface area contributed by atoms with Crippen molar-refractivity contribution < 1.29 is 9.59 Å². The van der Waals surface area contributed by atoms with Crippen molar-refractivity contribution in [2.75, 3.05) is 64.1 Å². The van der Waals surface area contributed by atoms with Crippen LogP contribution in [0.3, 0.4) is 0 Å². The molecule has 3 rings (SSSR count). The molecule has 32 heavy (non-hydrogen) atoms. The van der Waals surface area contributed by atoms with Gasteiger partial charge in [0, 0.05) is 58.2 Å². The number of anilines is 2. The average Bonchev–Trinajstić information content (AvgIpc) is 2.80. The molecule has 2 aromatic rings. The lowest BCUT2D eigenvalue weighted by Gasteiger charge is -2.38. The van der Waals surface area contributed by atoms with Gasteiger partial charge in [0.05, 0.1) is 6.04 Å². The van der Waals surface area contributed by atoms with Gasteiger partial charge in [-0.05, 0) is 42.8 Å². The third-order valence-electron chi connectivity index (χ3n) is 6.08. The molecule has 0 radical (unpaired) electrons. The summed E-state index contributed by atoms with van der Waals surface area (Å²) in [6.45, 7) is 6.20. The predicted octanol–water partition coefficient (Wildman–Crippen LogP) is 2.36. The number of likely N-dealkylation sites (N-methyl/N-ethyl adjacent to an activating group) is 1. The van der Waals surface area contributed by atoms with Gasteiger partial charge >= 0.3 is 11.8 Å². The standard InChI is InChI=1S/C25H35N5O2/c1-5-19-8-6-7-9-22(19)27-25(32)24(31)26-18-23(30-16-14-29(4)15-17-30)20-10-12-21(13-11-20)28(2)3/h6-13,23H,5,14-18H2,1-4H3,(H,26,31)(H,27,32)/t23-/m0/s1. The molecule has 1 aliphatic heterocycles. The molecule has 7 heteroatoms. The van der Waals surface area contributed by atoms with Crippen molar-refractivity contribution in [3.05, 3.63) is 59.7 Å². The molecular formula is C25H35N5O2. The van der Waals surface area contributed by atoms with Gasteiger partial charge in [0.1, 0.15) is 0 Å². The summed E-state index contributed by atoms with van der Waals surface area (Å²) in [5, 5.41) is 5.62. The van der Waals surface area contributed by atoms with Crippen molar-refractivity contribution in [2.45, 2.75) is 19.4 Å². The Morgan fingerprint density at radius 1 is 0.969 bits per heavy atom. The highest BCUT2D eigenvalue weighted by Gasteiger charge is 2.25. The normalized spacial score (nSPS) is 15.8. The van der Waals surface area contributed by atoms with E-state index in [1.807, 2.05) is 45.3 Å². The van der Waals surface area contributed by atoms with Crippen LogP contribution in [-0.4, -0.2) is 75.5 Å². The summed E-state index contributed by atoms with van der Waals surface area (Å²) < 4.78 is 0. The van der Waals surface area contributed by atoms with E-state index in [1.54, 1.807) is 0 Å². The van der Waals surface area contributed by atoms with Gasteiger partial charge in [-0.15, -0.1) is 0 Å². The second-order valence-corrected chi connectivity index (χ2v) is 8.52. The Morgan fingerprint density at radius 3 is 2.25 bits per heavy atom. The molecule has 0 spiro atoms. The van der Waals surface area contributed by atoms with E-state index in [0.29, 0.717) is 12.2 Å². The van der Waals surface area contributed by atoms with E-state index in [9.17, 15) is 9.59 Å². The second kappa shape index (κ2) is 11.1. The van der Waals surface area contributed by atoms with Crippen LogP contribution < -0.4 is 15.5 Å². The molecule has 0 unspecified atom stereocenters. The molecule has 1 saturated heterocycles. The maximum absolute atomic E-state index is 12.6. The summed E-state index contributed by atoms with van der Waals surface area (Å²) in [7, 11) is 6.16. The summed E-state index contributed by atoms with van der Waals surface area (Å²) in [4.78, 5) is 31.9. The quantitative estimate of drug-likeness (QED) is 0.651. The van der Waals surface area contributed by atoms with Crippen LogP contribution in [0, 0.1) is 0 Å². The number of hydrogen-bond acceptors (Lipinski definition) is 5. The van der Waals surface area contributed by atoms with Gasteiger partial charge in [0.15, 0.2) is 0 Å². The Balaban J connectivity index is 1.68. The molecule has 0 bridgehead atoms. The van der Waals surface area contributed by atoms with Crippen molar-refractivity contribution in [3.63, 3.8) is 0 Å². The Morgan fingerprint density at radius 2 is 1.62 bits per heavy atom. The molecule has 7 nitrogen and oxygen atoms in total. The molecule has 1 aliphatic rings. The lowest BCUT2D eigenvalue weighted by atomic mass is 10.0. The summed E-state index contributed by atoms with van der Waals surface area (Å²) in [6, 6.07) is 16.0. The summed E-state index contributed by atoms with van der Waals surface area (Å²) in [5.41, 5.74) is 3.95. The van der Waals surface area contributed by atoms with Crippen LogP contribution in [-0.2, 0) is 16.0 Å². The number of nitrogens with zero attached hydrogens (tertiary/aromatic N) is 3. The zero-order chi connectivity index (χ0) is 23.1. The maximum Gasteiger partial charge on any atom is 0.313 e. The molecular weight excluding hydrogens is 402 g/mol. The number of nitrogens with one attached hydrogen (secondary N) is 2. The highest BCUT2D eigenvalue weighted by atomic mass is 16.2. The van der Waals surface area contributed by atoms with Gasteiger partial charge in [-0.2, -0.15) is 0 Å². The van der Waals surface area contributed by atoms with Crippen molar-refractivity contribution in [1.82, 2.24) is 15.1 Å². The van der Waals surface area contributed by atoms with E-state index in [2.05, 4.69) is 56.6 Å². The number of carbonyl (C=O) groups excluding carboxylic acids is 2. The minimum Gasteiger partial charge on any atom is -0.378 e. The lowest BCUT2D eigenvalue weighted by Crippen LogP contribution is -2.49. The summed E-state index contributed by atoms with van der Waals surface area (Å²) in [5.74, 6) is -1.24. The van der Waals surface area contributed by atoms with E-state index in [1.165, 1.54) is 0 Å². The number of amides is 2. The fraction of sp³-hybridized carbons (Fsp3) is 0.440. The fourth-order valence-electron chi connectivity index (χ4n) is 3.99. The van der Waals surface area contributed by atoms with Crippen LogP contribution in [0.1, 0.15) is 24.1 Å². The molecule has 1 heterocycles. The molecule has 2 aromatic carbocycles. The lowest BCUT2D eigenvalue weighted by molar-refractivity contribution is -0.136. The Kier molecular flexibility index (Phi) is 8.25. The van der Waals surface area contributed by atoms with Crippen LogP contribution in [0.4, 0.5) is 11.4 Å². The van der Waals surface area contributed by atoms with Crippen molar-refractivity contribution >= 4 is 23.2 Å². The largest absolute Gasteiger partial charge is 0.378 e. The molecule has 172 valence electrons. The number of hydrogen-bond donors (Lipinski definition) is 2. The zero-order valence-electron chi connectivity index (χ0n) is 19.6.